The van der Waals surface area contributed by atoms with E-state index in [1.165, 1.54) is 4.90 Å². The summed E-state index contributed by atoms with van der Waals surface area (Å²) in [5.41, 5.74) is 0.300. The van der Waals surface area contributed by atoms with Crippen LogP contribution in [0.4, 0.5) is 4.79 Å². The molecule has 1 aliphatic rings. The number of phenols is 1. The molecule has 0 saturated carbocycles. The molecule has 0 spiro atoms. The van der Waals surface area contributed by atoms with Crippen molar-refractivity contribution in [1.82, 2.24) is 4.90 Å². The van der Waals surface area contributed by atoms with Gasteiger partial charge in [-0.05, 0) is 19.1 Å². The average Bonchev–Trinajstić information content (AvgIpc) is 2.47. The summed E-state index contributed by atoms with van der Waals surface area (Å²) in [4.78, 5) is 12.8. The summed E-state index contributed by atoms with van der Waals surface area (Å²) in [7, 11) is 0. The molecular formula is C15H21NO4. The standard InChI is InChI=1S/C15H21NO4/c1-9-13(15(2,3)4)20-12-7-5-6-11(17)10(12)8-16(9)14(18)19/h5-7,9,13,17H,8H2,1-4H3,(H,18,19). The molecular weight excluding hydrogens is 258 g/mol. The predicted molar refractivity (Wildman–Crippen MR) is 75.0 cm³/mol. The lowest BCUT2D eigenvalue weighted by Crippen LogP contribution is -2.50. The number of amides is 1. The fourth-order valence-electron chi connectivity index (χ4n) is 2.68. The normalized spacial score (nSPS) is 22.7. The van der Waals surface area contributed by atoms with E-state index in [0.717, 1.165) is 0 Å². The number of rotatable bonds is 0. The van der Waals surface area contributed by atoms with Crippen molar-refractivity contribution in [2.75, 3.05) is 0 Å². The molecule has 0 radical (unpaired) electrons. The Kier molecular flexibility index (Phi) is 3.54. The van der Waals surface area contributed by atoms with Crippen LogP contribution in [0.3, 0.4) is 0 Å². The smallest absolute Gasteiger partial charge is 0.407 e. The molecule has 1 amide bonds. The number of hydrogen-bond donors (Lipinski definition) is 2. The minimum absolute atomic E-state index is 0.0653. The topological polar surface area (TPSA) is 70.0 Å². The van der Waals surface area contributed by atoms with Crippen LogP contribution >= 0.6 is 0 Å². The van der Waals surface area contributed by atoms with E-state index in [2.05, 4.69) is 0 Å². The lowest BCUT2D eigenvalue weighted by molar-refractivity contribution is 0.0182. The average molecular weight is 279 g/mol. The zero-order valence-electron chi connectivity index (χ0n) is 12.3. The quantitative estimate of drug-likeness (QED) is 0.765. The summed E-state index contributed by atoms with van der Waals surface area (Å²) in [6.07, 6.45) is -1.30. The molecule has 1 heterocycles. The largest absolute Gasteiger partial charge is 0.507 e. The first-order chi connectivity index (χ1) is 9.21. The Balaban J connectivity index is 2.52. The van der Waals surface area contributed by atoms with Gasteiger partial charge in [0.05, 0.1) is 18.2 Å². The van der Waals surface area contributed by atoms with Crippen molar-refractivity contribution in [1.29, 1.82) is 0 Å². The van der Waals surface area contributed by atoms with Gasteiger partial charge >= 0.3 is 6.09 Å². The second kappa shape index (κ2) is 4.89. The van der Waals surface area contributed by atoms with Crippen LogP contribution < -0.4 is 4.74 Å². The lowest BCUT2D eigenvalue weighted by atomic mass is 9.84. The number of carbonyl (C=O) groups is 1. The number of benzene rings is 1. The number of fused-ring (bicyclic) bond motifs is 1. The Morgan fingerprint density at radius 2 is 2.05 bits per heavy atom. The molecule has 5 nitrogen and oxygen atoms in total. The molecule has 20 heavy (non-hydrogen) atoms. The maximum atomic E-state index is 11.5. The van der Waals surface area contributed by atoms with Gasteiger partial charge in [0.1, 0.15) is 17.6 Å². The highest BCUT2D eigenvalue weighted by molar-refractivity contribution is 5.66. The number of carboxylic acid groups (broad SMARTS) is 1. The van der Waals surface area contributed by atoms with Crippen LogP contribution in [0.2, 0.25) is 0 Å². The minimum atomic E-state index is -1.01. The number of hydrogen-bond acceptors (Lipinski definition) is 3. The number of ether oxygens (including phenoxy) is 1. The van der Waals surface area contributed by atoms with Crippen LogP contribution in [0.15, 0.2) is 18.2 Å². The molecule has 2 rings (SSSR count). The van der Waals surface area contributed by atoms with Gasteiger partial charge in [0.2, 0.25) is 0 Å². The van der Waals surface area contributed by atoms with E-state index in [1.807, 2.05) is 27.7 Å². The highest BCUT2D eigenvalue weighted by atomic mass is 16.5. The van der Waals surface area contributed by atoms with Gasteiger partial charge in [-0.3, -0.25) is 4.90 Å². The van der Waals surface area contributed by atoms with Crippen LogP contribution in [0.1, 0.15) is 33.3 Å². The van der Waals surface area contributed by atoms with Crippen molar-refractivity contribution in [2.24, 2.45) is 5.41 Å². The van der Waals surface area contributed by atoms with Crippen molar-refractivity contribution in [2.45, 2.75) is 46.4 Å². The Morgan fingerprint density at radius 3 is 2.60 bits per heavy atom. The fraction of sp³-hybridized carbons (Fsp3) is 0.533. The van der Waals surface area contributed by atoms with Crippen molar-refractivity contribution in [3.8, 4) is 11.5 Å². The molecule has 0 aromatic heterocycles. The van der Waals surface area contributed by atoms with Crippen LogP contribution in [-0.4, -0.2) is 33.4 Å². The summed E-state index contributed by atoms with van der Waals surface area (Å²) < 4.78 is 6.03. The van der Waals surface area contributed by atoms with Gasteiger partial charge < -0.3 is 14.9 Å². The van der Waals surface area contributed by atoms with Gasteiger partial charge in [-0.15, -0.1) is 0 Å². The monoisotopic (exact) mass is 279 g/mol. The third-order valence-electron chi connectivity index (χ3n) is 3.72. The molecule has 0 aliphatic carbocycles. The Bertz CT molecular complexity index is 521. The predicted octanol–water partition coefficient (Wildman–Crippen LogP) is 3.07. The molecule has 2 N–H and O–H groups in total. The van der Waals surface area contributed by atoms with Crippen molar-refractivity contribution < 1.29 is 19.7 Å². The van der Waals surface area contributed by atoms with Gasteiger partial charge in [0, 0.05) is 5.41 Å². The SMILES string of the molecule is CC1C(C(C)(C)C)Oc2cccc(O)c2CN1C(=O)O. The molecule has 0 bridgehead atoms. The van der Waals surface area contributed by atoms with Crippen LogP contribution in [-0.2, 0) is 6.54 Å². The number of nitrogens with zero attached hydrogens (tertiary/aromatic N) is 1. The Labute approximate surface area is 118 Å². The van der Waals surface area contributed by atoms with Gasteiger partial charge in [-0.25, -0.2) is 4.79 Å². The molecule has 0 saturated heterocycles. The molecule has 1 aliphatic heterocycles. The highest BCUT2D eigenvalue weighted by Gasteiger charge is 2.40. The van der Waals surface area contributed by atoms with Crippen LogP contribution in [0.25, 0.3) is 0 Å². The zero-order valence-corrected chi connectivity index (χ0v) is 12.3. The summed E-state index contributed by atoms with van der Waals surface area (Å²) in [5, 5.41) is 19.4. The summed E-state index contributed by atoms with van der Waals surface area (Å²) in [5.74, 6) is 0.621. The van der Waals surface area contributed by atoms with E-state index >= 15 is 0 Å². The molecule has 1 aromatic rings. The first kappa shape index (κ1) is 14.5. The van der Waals surface area contributed by atoms with E-state index in [1.54, 1.807) is 18.2 Å². The highest BCUT2D eigenvalue weighted by Crippen LogP contribution is 2.38. The third kappa shape index (κ3) is 2.53. The molecule has 0 fully saturated rings. The van der Waals surface area contributed by atoms with E-state index < -0.39 is 6.09 Å². The summed E-state index contributed by atoms with van der Waals surface area (Å²) in [6.45, 7) is 8.02. The van der Waals surface area contributed by atoms with E-state index in [-0.39, 0.29) is 29.9 Å². The second-order valence-electron chi connectivity index (χ2n) is 6.31. The zero-order chi connectivity index (χ0) is 15.1. The van der Waals surface area contributed by atoms with Crippen molar-refractivity contribution in [3.05, 3.63) is 23.8 Å². The third-order valence-corrected chi connectivity index (χ3v) is 3.72. The fourth-order valence-corrected chi connectivity index (χ4v) is 2.68. The second-order valence-corrected chi connectivity index (χ2v) is 6.31. The molecule has 2 unspecified atom stereocenters. The van der Waals surface area contributed by atoms with E-state index in [9.17, 15) is 15.0 Å². The van der Waals surface area contributed by atoms with Crippen molar-refractivity contribution in [3.63, 3.8) is 0 Å². The minimum Gasteiger partial charge on any atom is -0.507 e. The Morgan fingerprint density at radius 1 is 1.40 bits per heavy atom. The molecule has 2 atom stereocenters. The van der Waals surface area contributed by atoms with Crippen LogP contribution in [0, 0.1) is 5.41 Å². The van der Waals surface area contributed by atoms with Gasteiger partial charge in [-0.2, -0.15) is 0 Å². The van der Waals surface area contributed by atoms with Gasteiger partial charge in [0.25, 0.3) is 0 Å². The number of aromatic hydroxyl groups is 1. The van der Waals surface area contributed by atoms with Crippen molar-refractivity contribution >= 4 is 6.09 Å². The maximum Gasteiger partial charge on any atom is 0.407 e. The Hall–Kier alpha value is -1.91. The molecule has 110 valence electrons. The van der Waals surface area contributed by atoms with Gasteiger partial charge in [-0.1, -0.05) is 26.8 Å². The number of phenolic OH excluding ortho intramolecular Hbond substituents is 1. The first-order valence-electron chi connectivity index (χ1n) is 6.69. The van der Waals surface area contributed by atoms with E-state index in [0.29, 0.717) is 11.3 Å². The molecule has 5 heteroatoms. The van der Waals surface area contributed by atoms with Crippen LogP contribution in [0.5, 0.6) is 11.5 Å². The summed E-state index contributed by atoms with van der Waals surface area (Å²) >= 11 is 0. The van der Waals surface area contributed by atoms with Gasteiger partial charge in [0.15, 0.2) is 0 Å². The first-order valence-corrected chi connectivity index (χ1v) is 6.69. The summed E-state index contributed by atoms with van der Waals surface area (Å²) in [6, 6.07) is 4.71. The maximum absolute atomic E-state index is 11.5. The van der Waals surface area contributed by atoms with E-state index in [4.69, 9.17) is 4.74 Å². The molecule has 1 aromatic carbocycles. The lowest BCUT2D eigenvalue weighted by Gasteiger charge is -2.37.